The maximum atomic E-state index is 14.8. The predicted molar refractivity (Wildman–Crippen MR) is 121 cm³/mol. The van der Waals surface area contributed by atoms with Crippen LogP contribution in [0.4, 0.5) is 26.3 Å². The van der Waals surface area contributed by atoms with Crippen molar-refractivity contribution in [1.82, 2.24) is 4.98 Å². The Morgan fingerprint density at radius 2 is 1.86 bits per heavy atom. The Kier molecular flexibility index (Phi) is 5.23. The fraction of sp³-hybridized carbons (Fsp3) is 0.357. The summed E-state index contributed by atoms with van der Waals surface area (Å²) in [6, 6.07) is 8.25. The average molecular weight is 517 g/mol. The third-order valence-electron chi connectivity index (χ3n) is 7.92. The van der Waals surface area contributed by atoms with Crippen LogP contribution in [0.1, 0.15) is 64.1 Å². The summed E-state index contributed by atoms with van der Waals surface area (Å²) in [7, 11) is 0. The fourth-order valence-corrected chi connectivity index (χ4v) is 6.22. The zero-order valence-electron chi connectivity index (χ0n) is 19.6. The number of ketones is 1. The molecule has 0 radical (unpaired) electrons. The maximum absolute atomic E-state index is 14.8. The van der Waals surface area contributed by atoms with Gasteiger partial charge < -0.3 is 4.74 Å². The van der Waals surface area contributed by atoms with E-state index < -0.39 is 41.4 Å². The van der Waals surface area contributed by atoms with Crippen LogP contribution >= 0.6 is 0 Å². The van der Waals surface area contributed by atoms with E-state index >= 15 is 0 Å². The molecule has 0 aliphatic heterocycles. The lowest BCUT2D eigenvalue weighted by Gasteiger charge is -2.19. The number of ether oxygens (including phenoxy) is 1. The molecule has 3 aliphatic rings. The van der Waals surface area contributed by atoms with E-state index in [4.69, 9.17) is 4.74 Å². The number of benzene rings is 2. The molecule has 1 unspecified atom stereocenters. The van der Waals surface area contributed by atoms with Crippen molar-refractivity contribution in [3.8, 4) is 5.88 Å². The van der Waals surface area contributed by atoms with Crippen LogP contribution in [0.25, 0.3) is 0 Å². The number of halogens is 6. The molecule has 37 heavy (non-hydrogen) atoms. The van der Waals surface area contributed by atoms with Gasteiger partial charge in [-0.15, -0.1) is 0 Å². The van der Waals surface area contributed by atoms with Crippen LogP contribution < -0.4 is 4.74 Å². The summed E-state index contributed by atoms with van der Waals surface area (Å²) in [5.74, 6) is -4.76. The maximum Gasteiger partial charge on any atom is 0.416 e. The molecule has 0 bridgehead atoms. The molecule has 1 heterocycles. The fourth-order valence-electron chi connectivity index (χ4n) is 6.22. The Bertz CT molecular complexity index is 1430. The number of fused-ring (bicyclic) bond motifs is 4. The van der Waals surface area contributed by atoms with Crippen molar-refractivity contribution in [3.63, 3.8) is 0 Å². The highest BCUT2D eigenvalue weighted by Crippen LogP contribution is 2.61. The summed E-state index contributed by atoms with van der Waals surface area (Å²) in [5.41, 5.74) is 0.0650. The number of hydrogen-bond donors (Lipinski definition) is 0. The van der Waals surface area contributed by atoms with Crippen molar-refractivity contribution in [1.29, 1.82) is 0 Å². The van der Waals surface area contributed by atoms with E-state index in [2.05, 4.69) is 4.98 Å². The van der Waals surface area contributed by atoms with Crippen molar-refractivity contribution in [3.05, 3.63) is 93.4 Å². The lowest BCUT2D eigenvalue weighted by atomic mass is 9.88. The van der Waals surface area contributed by atoms with Crippen molar-refractivity contribution < 1.29 is 35.9 Å². The molecule has 9 heteroatoms. The molecule has 6 rings (SSSR count). The summed E-state index contributed by atoms with van der Waals surface area (Å²) in [5, 5.41) is 0. The third-order valence-corrected chi connectivity index (χ3v) is 7.92. The van der Waals surface area contributed by atoms with Crippen molar-refractivity contribution in [2.75, 3.05) is 0 Å². The summed E-state index contributed by atoms with van der Waals surface area (Å²) in [6.07, 6.45) is -3.21. The highest BCUT2D eigenvalue weighted by atomic mass is 19.4. The second-order valence-corrected chi connectivity index (χ2v) is 10.1. The van der Waals surface area contributed by atoms with Gasteiger partial charge in [0.1, 0.15) is 18.2 Å². The topological polar surface area (TPSA) is 39.2 Å². The largest absolute Gasteiger partial charge is 0.473 e. The molecule has 2 aromatic carbocycles. The molecular formula is C28H21F6NO2. The van der Waals surface area contributed by atoms with Crippen molar-refractivity contribution in [2.24, 2.45) is 11.8 Å². The van der Waals surface area contributed by atoms with Crippen LogP contribution in [0.5, 0.6) is 5.88 Å². The Labute approximate surface area is 208 Å². The highest BCUT2D eigenvalue weighted by molar-refractivity contribution is 5.84. The predicted octanol–water partition coefficient (Wildman–Crippen LogP) is 6.92. The lowest BCUT2D eigenvalue weighted by Crippen LogP contribution is -2.13. The lowest BCUT2D eigenvalue weighted by molar-refractivity contribution is -0.138. The number of carbonyl (C=O) groups is 1. The van der Waals surface area contributed by atoms with E-state index in [1.165, 1.54) is 24.3 Å². The summed E-state index contributed by atoms with van der Waals surface area (Å²) < 4.78 is 90.9. The third kappa shape index (κ3) is 3.90. The van der Waals surface area contributed by atoms with E-state index in [1.807, 2.05) is 0 Å². The number of alkyl halides is 5. The van der Waals surface area contributed by atoms with E-state index in [1.54, 1.807) is 19.2 Å². The van der Waals surface area contributed by atoms with Gasteiger partial charge in [0.25, 0.3) is 5.92 Å². The summed E-state index contributed by atoms with van der Waals surface area (Å²) in [6.45, 7) is 1.26. The minimum atomic E-state index is -4.72. The second kappa shape index (κ2) is 8.07. The number of nitrogens with zero attached hydrogens (tertiary/aromatic N) is 1. The summed E-state index contributed by atoms with van der Waals surface area (Å²) >= 11 is 0. The van der Waals surface area contributed by atoms with Gasteiger partial charge in [0.05, 0.1) is 5.56 Å². The molecule has 0 saturated heterocycles. The Hall–Kier alpha value is -3.36. The molecular weight excluding hydrogens is 496 g/mol. The number of pyridine rings is 1. The van der Waals surface area contributed by atoms with Crippen molar-refractivity contribution >= 4 is 5.78 Å². The van der Waals surface area contributed by atoms with Gasteiger partial charge in [-0.2, -0.15) is 13.2 Å². The molecule has 1 fully saturated rings. The molecule has 0 N–H and O–H groups in total. The van der Waals surface area contributed by atoms with Crippen LogP contribution in [0, 0.1) is 17.7 Å². The van der Waals surface area contributed by atoms with Crippen LogP contribution in [-0.4, -0.2) is 10.8 Å². The zero-order chi connectivity index (χ0) is 26.3. The monoisotopic (exact) mass is 517 g/mol. The minimum Gasteiger partial charge on any atom is -0.473 e. The molecule has 4 atom stereocenters. The first-order valence-corrected chi connectivity index (χ1v) is 11.9. The van der Waals surface area contributed by atoms with Gasteiger partial charge in [-0.25, -0.2) is 18.2 Å². The van der Waals surface area contributed by atoms with E-state index in [9.17, 15) is 31.1 Å². The Morgan fingerprint density at radius 1 is 1.11 bits per heavy atom. The smallest absolute Gasteiger partial charge is 0.416 e. The first kappa shape index (κ1) is 24.0. The number of aromatic nitrogens is 1. The van der Waals surface area contributed by atoms with Crippen LogP contribution in [0.2, 0.25) is 0 Å². The molecule has 3 aliphatic carbocycles. The molecule has 192 valence electrons. The SMILES string of the molecule is CC(=O)[C@H]1[C@@H]2Cc3cc(OCc4cc5c(cc4F)C(F)(F)CC5c4ccccc4C(F)(F)F)ncc3[C@@H]21. The van der Waals surface area contributed by atoms with Gasteiger partial charge in [-0.1, -0.05) is 18.2 Å². The van der Waals surface area contributed by atoms with E-state index in [-0.39, 0.29) is 52.7 Å². The quantitative estimate of drug-likeness (QED) is 0.345. The molecule has 3 aromatic rings. The van der Waals surface area contributed by atoms with E-state index in [0.717, 1.165) is 23.6 Å². The Balaban J connectivity index is 1.28. The van der Waals surface area contributed by atoms with Gasteiger partial charge in [-0.3, -0.25) is 4.79 Å². The number of Topliss-reactive ketones (excluding diaryl/α,β-unsaturated/α-hetero) is 1. The highest BCUT2D eigenvalue weighted by Gasteiger charge is 2.58. The average Bonchev–Trinajstić information content (AvgIpc) is 3.33. The minimum absolute atomic E-state index is 0.0372. The molecule has 0 spiro atoms. The Morgan fingerprint density at radius 3 is 2.59 bits per heavy atom. The van der Waals surface area contributed by atoms with Crippen LogP contribution in [0.15, 0.2) is 48.7 Å². The molecule has 3 nitrogen and oxygen atoms in total. The van der Waals surface area contributed by atoms with Crippen LogP contribution in [-0.2, 0) is 29.9 Å². The summed E-state index contributed by atoms with van der Waals surface area (Å²) in [4.78, 5) is 16.0. The van der Waals surface area contributed by atoms with Crippen molar-refractivity contribution in [2.45, 2.75) is 50.3 Å². The first-order valence-electron chi connectivity index (χ1n) is 11.9. The van der Waals surface area contributed by atoms with Gasteiger partial charge in [-0.05, 0) is 65.6 Å². The van der Waals surface area contributed by atoms with Crippen LogP contribution in [0.3, 0.4) is 0 Å². The standard InChI is InChI=1S/C28H21F6NO2/c1-13(36)25-18-6-14-8-24(35-11-20(14)26(18)25)37-12-15-7-17-19(10-27(30,31)22(17)9-23(15)29)16-4-2-3-5-21(16)28(32,33)34/h2-5,7-9,11,18-19,25-26H,6,10,12H2,1H3/t18-,19?,25-,26+/m0/s1. The molecule has 0 amide bonds. The molecule has 1 saturated carbocycles. The molecule has 1 aromatic heterocycles. The second-order valence-electron chi connectivity index (χ2n) is 10.1. The first-order chi connectivity index (χ1) is 17.5. The van der Waals surface area contributed by atoms with Gasteiger partial charge in [0.2, 0.25) is 5.88 Å². The normalized spacial score (nSPS) is 24.8. The zero-order valence-corrected chi connectivity index (χ0v) is 19.6. The number of rotatable bonds is 5. The van der Waals surface area contributed by atoms with Gasteiger partial charge in [0.15, 0.2) is 0 Å². The number of carbonyl (C=O) groups excluding carboxylic acids is 1. The van der Waals surface area contributed by atoms with E-state index in [0.29, 0.717) is 6.07 Å². The number of hydrogen-bond acceptors (Lipinski definition) is 3. The van der Waals surface area contributed by atoms with Gasteiger partial charge >= 0.3 is 6.18 Å². The van der Waals surface area contributed by atoms with Gasteiger partial charge in [0, 0.05) is 41.6 Å².